The van der Waals surface area contributed by atoms with Gasteiger partial charge in [-0.15, -0.1) is 21.5 Å². The average Bonchev–Trinajstić information content (AvgIpc) is 3.24. The zero-order valence-electron chi connectivity index (χ0n) is 13.9. The molecule has 1 aromatic carbocycles. The van der Waals surface area contributed by atoms with Gasteiger partial charge in [-0.05, 0) is 40.3 Å². The number of amides is 1. The Morgan fingerprint density at radius 1 is 1.28 bits per heavy atom. The highest BCUT2D eigenvalue weighted by Crippen LogP contribution is 2.22. The van der Waals surface area contributed by atoms with E-state index in [9.17, 15) is 9.18 Å². The number of carbonyl (C=O) groups excluding carboxylic acids is 1. The third kappa shape index (κ3) is 4.27. The molecule has 0 spiro atoms. The van der Waals surface area contributed by atoms with Crippen molar-refractivity contribution >= 4 is 17.2 Å². The molecule has 0 aliphatic heterocycles. The fourth-order valence-corrected chi connectivity index (χ4v) is 3.12. The van der Waals surface area contributed by atoms with Gasteiger partial charge < -0.3 is 5.32 Å². The first-order valence-corrected chi connectivity index (χ1v) is 8.77. The van der Waals surface area contributed by atoms with Crippen molar-refractivity contribution in [3.05, 3.63) is 53.2 Å². The molecule has 0 aliphatic rings. The van der Waals surface area contributed by atoms with Gasteiger partial charge in [0.15, 0.2) is 0 Å². The summed E-state index contributed by atoms with van der Waals surface area (Å²) in [7, 11) is 0. The fraction of sp³-hybridized carbons (Fsp3) is 0.294. The molecule has 0 saturated heterocycles. The topological polar surface area (TPSA) is 72.7 Å². The van der Waals surface area contributed by atoms with Crippen LogP contribution in [0.5, 0.6) is 0 Å². The Kier molecular flexibility index (Phi) is 5.18. The molecule has 8 heteroatoms. The van der Waals surface area contributed by atoms with Crippen LogP contribution in [0.4, 0.5) is 4.39 Å². The summed E-state index contributed by atoms with van der Waals surface area (Å²) in [4.78, 5) is 14.5. The van der Waals surface area contributed by atoms with E-state index in [2.05, 4.69) is 20.7 Å². The third-order valence-electron chi connectivity index (χ3n) is 3.69. The van der Waals surface area contributed by atoms with Crippen LogP contribution >= 0.6 is 11.3 Å². The van der Waals surface area contributed by atoms with E-state index in [-0.39, 0.29) is 30.2 Å². The molecule has 0 aliphatic carbocycles. The second kappa shape index (κ2) is 7.52. The van der Waals surface area contributed by atoms with E-state index < -0.39 is 0 Å². The Bertz CT molecular complexity index is 829. The molecule has 0 unspecified atom stereocenters. The van der Waals surface area contributed by atoms with Crippen molar-refractivity contribution in [2.75, 3.05) is 0 Å². The van der Waals surface area contributed by atoms with Crippen molar-refractivity contribution in [3.8, 4) is 10.7 Å². The maximum absolute atomic E-state index is 13.1. The Balaban J connectivity index is 1.67. The van der Waals surface area contributed by atoms with Gasteiger partial charge in [0.05, 0.1) is 10.9 Å². The first-order valence-electron chi connectivity index (χ1n) is 7.89. The highest BCUT2D eigenvalue weighted by molar-refractivity contribution is 7.13. The lowest BCUT2D eigenvalue weighted by Gasteiger charge is -2.22. The molecular weight excluding hydrogens is 341 g/mol. The first-order chi connectivity index (χ1) is 12.0. The minimum atomic E-state index is -0.300. The predicted octanol–water partition coefficient (Wildman–Crippen LogP) is 3.05. The van der Waals surface area contributed by atoms with Gasteiger partial charge in [-0.25, -0.2) is 4.39 Å². The summed E-state index contributed by atoms with van der Waals surface area (Å²) in [6, 6.07) is 9.74. The number of tetrazole rings is 1. The zero-order valence-corrected chi connectivity index (χ0v) is 14.7. The molecule has 1 atom stereocenters. The Morgan fingerprint density at radius 3 is 2.68 bits per heavy atom. The Labute approximate surface area is 148 Å². The van der Waals surface area contributed by atoms with Gasteiger partial charge in [0.2, 0.25) is 11.7 Å². The van der Waals surface area contributed by atoms with E-state index in [1.807, 2.05) is 31.4 Å². The lowest BCUT2D eigenvalue weighted by Crippen LogP contribution is -2.34. The predicted molar refractivity (Wildman–Crippen MR) is 93.3 cm³/mol. The zero-order chi connectivity index (χ0) is 17.8. The van der Waals surface area contributed by atoms with Crippen LogP contribution in [0.2, 0.25) is 0 Å². The number of rotatable bonds is 6. The molecule has 2 heterocycles. The summed E-state index contributed by atoms with van der Waals surface area (Å²) in [6.45, 7) is 3.97. The summed E-state index contributed by atoms with van der Waals surface area (Å²) in [5, 5.41) is 17.0. The number of benzene rings is 1. The number of nitrogens with one attached hydrogen (secondary N) is 1. The summed E-state index contributed by atoms with van der Waals surface area (Å²) < 4.78 is 13.1. The fourth-order valence-electron chi connectivity index (χ4n) is 2.47. The van der Waals surface area contributed by atoms with Crippen LogP contribution in [0.1, 0.15) is 25.5 Å². The number of aromatic nitrogens is 4. The third-order valence-corrected chi connectivity index (χ3v) is 4.56. The maximum Gasteiger partial charge on any atom is 0.244 e. The quantitative estimate of drug-likeness (QED) is 0.734. The van der Waals surface area contributed by atoms with Crippen LogP contribution in [0, 0.1) is 11.7 Å². The summed E-state index contributed by atoms with van der Waals surface area (Å²) in [5.41, 5.74) is 0.857. The van der Waals surface area contributed by atoms with Gasteiger partial charge in [-0.1, -0.05) is 32.0 Å². The monoisotopic (exact) mass is 359 g/mol. The summed E-state index contributed by atoms with van der Waals surface area (Å²) in [6.07, 6.45) is 0. The van der Waals surface area contributed by atoms with Gasteiger partial charge >= 0.3 is 0 Å². The molecule has 0 radical (unpaired) electrons. The largest absolute Gasteiger partial charge is 0.347 e. The number of hydrogen-bond acceptors (Lipinski definition) is 5. The van der Waals surface area contributed by atoms with E-state index >= 15 is 0 Å². The van der Waals surface area contributed by atoms with Crippen LogP contribution in [0.3, 0.4) is 0 Å². The normalized spacial score (nSPS) is 12.3. The van der Waals surface area contributed by atoms with Crippen molar-refractivity contribution in [1.82, 2.24) is 25.5 Å². The lowest BCUT2D eigenvalue weighted by molar-refractivity contribution is -0.123. The minimum absolute atomic E-state index is 0.0250. The molecule has 6 nitrogen and oxygen atoms in total. The number of nitrogens with zero attached hydrogens (tertiary/aromatic N) is 4. The van der Waals surface area contributed by atoms with Crippen LogP contribution in [-0.4, -0.2) is 26.1 Å². The van der Waals surface area contributed by atoms with Gasteiger partial charge in [-0.3, -0.25) is 4.79 Å². The number of carbonyl (C=O) groups is 1. The lowest BCUT2D eigenvalue weighted by atomic mass is 9.96. The van der Waals surface area contributed by atoms with E-state index in [1.54, 1.807) is 12.1 Å². The van der Waals surface area contributed by atoms with Crippen molar-refractivity contribution in [3.63, 3.8) is 0 Å². The van der Waals surface area contributed by atoms with Crippen LogP contribution in [0.15, 0.2) is 41.8 Å². The van der Waals surface area contributed by atoms with Gasteiger partial charge in [0, 0.05) is 0 Å². The molecule has 2 aromatic heterocycles. The highest BCUT2D eigenvalue weighted by atomic mass is 32.1. The van der Waals surface area contributed by atoms with Crippen molar-refractivity contribution in [2.24, 2.45) is 5.92 Å². The number of halogens is 1. The smallest absolute Gasteiger partial charge is 0.244 e. The Hall–Kier alpha value is -2.61. The van der Waals surface area contributed by atoms with Gasteiger partial charge in [0.1, 0.15) is 12.4 Å². The molecule has 3 aromatic rings. The van der Waals surface area contributed by atoms with Gasteiger partial charge in [0.25, 0.3) is 0 Å². The van der Waals surface area contributed by atoms with E-state index in [1.165, 1.54) is 28.3 Å². The molecular formula is C17H18FN5OS. The molecule has 3 rings (SSSR count). The van der Waals surface area contributed by atoms with Crippen LogP contribution < -0.4 is 5.32 Å². The second-order valence-electron chi connectivity index (χ2n) is 5.96. The number of hydrogen-bond donors (Lipinski definition) is 1. The van der Waals surface area contributed by atoms with Crippen molar-refractivity contribution in [2.45, 2.75) is 26.4 Å². The van der Waals surface area contributed by atoms with Gasteiger partial charge in [-0.2, -0.15) is 4.80 Å². The molecule has 0 saturated carbocycles. The SMILES string of the molecule is CC(C)[C@H](NC(=O)Cn1nnc(-c2cccs2)n1)c1ccc(F)cc1. The minimum Gasteiger partial charge on any atom is -0.347 e. The number of thiophene rings is 1. The second-order valence-corrected chi connectivity index (χ2v) is 6.91. The van der Waals surface area contributed by atoms with E-state index in [4.69, 9.17) is 0 Å². The molecule has 0 bridgehead atoms. The van der Waals surface area contributed by atoms with Crippen LogP contribution in [0.25, 0.3) is 10.7 Å². The van der Waals surface area contributed by atoms with Crippen molar-refractivity contribution in [1.29, 1.82) is 0 Å². The average molecular weight is 359 g/mol. The molecule has 1 N–H and O–H groups in total. The maximum atomic E-state index is 13.1. The van der Waals surface area contributed by atoms with Crippen molar-refractivity contribution < 1.29 is 9.18 Å². The van der Waals surface area contributed by atoms with E-state index in [0.717, 1.165) is 10.4 Å². The molecule has 25 heavy (non-hydrogen) atoms. The summed E-state index contributed by atoms with van der Waals surface area (Å²) in [5.74, 6) is 0.130. The molecule has 1 amide bonds. The Morgan fingerprint density at radius 2 is 2.04 bits per heavy atom. The summed E-state index contributed by atoms with van der Waals surface area (Å²) >= 11 is 1.51. The highest BCUT2D eigenvalue weighted by Gasteiger charge is 2.19. The first kappa shape index (κ1) is 17.2. The van der Waals surface area contributed by atoms with Crippen LogP contribution in [-0.2, 0) is 11.3 Å². The van der Waals surface area contributed by atoms with E-state index in [0.29, 0.717) is 5.82 Å². The standard InChI is InChI=1S/C17H18FN5OS/c1-11(2)16(12-5-7-13(18)8-6-12)19-15(24)10-23-21-17(20-22-23)14-4-3-9-25-14/h3-9,11,16H,10H2,1-2H3,(H,19,24)/t16-/m0/s1. The molecule has 130 valence electrons. The molecule has 0 fully saturated rings.